The van der Waals surface area contributed by atoms with Crippen molar-refractivity contribution in [2.75, 3.05) is 0 Å². The van der Waals surface area contributed by atoms with Crippen LogP contribution in [-0.4, -0.2) is 19.7 Å². The van der Waals surface area contributed by atoms with Gasteiger partial charge in [-0.1, -0.05) is 17.4 Å². The summed E-state index contributed by atoms with van der Waals surface area (Å²) in [5.41, 5.74) is 1.29. The first kappa shape index (κ1) is 11.8. The maximum atomic E-state index is 9.61. The fourth-order valence-electron chi connectivity index (χ4n) is 2.04. The lowest BCUT2D eigenvalue weighted by molar-refractivity contribution is 0.274. The number of aliphatic hydroxyl groups is 1. The molecule has 0 fully saturated rings. The Labute approximate surface area is 121 Å². The first-order valence-electron chi connectivity index (χ1n) is 5.94. The molecule has 5 nitrogen and oxygen atoms in total. The first-order valence-corrected chi connectivity index (χ1v) is 7.63. The Kier molecular flexibility index (Phi) is 2.69. The van der Waals surface area contributed by atoms with E-state index in [0.29, 0.717) is 17.1 Å². The standard InChI is InChI=1S/C13H9N3O2S2/c17-7-8-11(9-3-1-5-18-9)14-13-16(8)15-12(20-13)10-4-2-6-19-10/h1-6,17H,7H2. The van der Waals surface area contributed by atoms with Crippen molar-refractivity contribution in [3.8, 4) is 21.3 Å². The molecule has 0 saturated carbocycles. The number of furan rings is 1. The van der Waals surface area contributed by atoms with Crippen LogP contribution in [0.4, 0.5) is 0 Å². The summed E-state index contributed by atoms with van der Waals surface area (Å²) in [5.74, 6) is 0.643. The molecule has 0 aliphatic carbocycles. The highest BCUT2D eigenvalue weighted by Crippen LogP contribution is 2.32. The van der Waals surface area contributed by atoms with Crippen LogP contribution >= 0.6 is 22.7 Å². The van der Waals surface area contributed by atoms with Crippen molar-refractivity contribution in [3.05, 3.63) is 41.6 Å². The molecule has 0 radical (unpaired) electrons. The maximum absolute atomic E-state index is 9.61. The minimum absolute atomic E-state index is 0.134. The molecule has 4 aromatic rings. The molecule has 0 bridgehead atoms. The summed E-state index contributed by atoms with van der Waals surface area (Å²) in [7, 11) is 0. The average molecular weight is 303 g/mol. The highest BCUT2D eigenvalue weighted by molar-refractivity contribution is 7.23. The van der Waals surface area contributed by atoms with Gasteiger partial charge in [-0.05, 0) is 23.6 Å². The van der Waals surface area contributed by atoms with Gasteiger partial charge < -0.3 is 9.52 Å². The van der Waals surface area contributed by atoms with E-state index in [1.54, 1.807) is 28.2 Å². The molecule has 4 rings (SSSR count). The van der Waals surface area contributed by atoms with Gasteiger partial charge in [0, 0.05) is 0 Å². The zero-order valence-corrected chi connectivity index (χ0v) is 11.8. The summed E-state index contributed by atoms with van der Waals surface area (Å²) in [6.45, 7) is -0.134. The van der Waals surface area contributed by atoms with Crippen LogP contribution in [-0.2, 0) is 6.61 Å². The molecule has 7 heteroatoms. The van der Waals surface area contributed by atoms with E-state index in [1.807, 2.05) is 23.6 Å². The summed E-state index contributed by atoms with van der Waals surface area (Å²) in [6.07, 6.45) is 1.59. The number of nitrogens with zero attached hydrogens (tertiary/aromatic N) is 3. The Hall–Kier alpha value is -1.96. The fraction of sp³-hybridized carbons (Fsp3) is 0.0769. The summed E-state index contributed by atoms with van der Waals surface area (Å²) >= 11 is 3.14. The topological polar surface area (TPSA) is 63.6 Å². The largest absolute Gasteiger partial charge is 0.463 e. The van der Waals surface area contributed by atoms with E-state index < -0.39 is 0 Å². The van der Waals surface area contributed by atoms with Gasteiger partial charge >= 0.3 is 0 Å². The smallest absolute Gasteiger partial charge is 0.213 e. The van der Waals surface area contributed by atoms with E-state index >= 15 is 0 Å². The molecular formula is C13H9N3O2S2. The SMILES string of the molecule is OCc1c(-c2ccco2)nc2sc(-c3cccs3)nn12. The number of rotatable bonds is 3. The lowest BCUT2D eigenvalue weighted by Gasteiger charge is -1.96. The Morgan fingerprint density at radius 1 is 1.30 bits per heavy atom. The van der Waals surface area contributed by atoms with Gasteiger partial charge in [-0.25, -0.2) is 9.50 Å². The van der Waals surface area contributed by atoms with Gasteiger partial charge in [0.15, 0.2) is 10.8 Å². The fourth-order valence-corrected chi connectivity index (χ4v) is 3.75. The van der Waals surface area contributed by atoms with E-state index in [0.717, 1.165) is 14.8 Å². The molecule has 4 heterocycles. The monoisotopic (exact) mass is 303 g/mol. The number of aromatic nitrogens is 3. The number of hydrogen-bond acceptors (Lipinski definition) is 6. The second-order valence-electron chi connectivity index (χ2n) is 4.12. The molecule has 0 unspecified atom stereocenters. The quantitative estimate of drug-likeness (QED) is 0.631. The average Bonchev–Trinajstić information content (AvgIpc) is 3.21. The van der Waals surface area contributed by atoms with Gasteiger partial charge in [-0.3, -0.25) is 0 Å². The third kappa shape index (κ3) is 1.71. The van der Waals surface area contributed by atoms with Crippen molar-refractivity contribution in [2.45, 2.75) is 6.61 Å². The van der Waals surface area contributed by atoms with Crippen LogP contribution in [0.3, 0.4) is 0 Å². The molecule has 20 heavy (non-hydrogen) atoms. The van der Waals surface area contributed by atoms with Crippen molar-refractivity contribution < 1.29 is 9.52 Å². The van der Waals surface area contributed by atoms with Gasteiger partial charge in [0.05, 0.1) is 17.7 Å². The van der Waals surface area contributed by atoms with Gasteiger partial charge in [0.1, 0.15) is 11.4 Å². The number of imidazole rings is 1. The number of hydrogen-bond donors (Lipinski definition) is 1. The zero-order valence-electron chi connectivity index (χ0n) is 10.2. The second-order valence-corrected chi connectivity index (χ2v) is 6.03. The first-order chi connectivity index (χ1) is 9.86. The Bertz CT molecular complexity index is 844. The molecule has 0 aliphatic rings. The number of thiophene rings is 1. The Morgan fingerprint density at radius 2 is 2.25 bits per heavy atom. The van der Waals surface area contributed by atoms with Gasteiger partial charge in [0.2, 0.25) is 4.96 Å². The minimum Gasteiger partial charge on any atom is -0.463 e. The van der Waals surface area contributed by atoms with Gasteiger partial charge in [0.25, 0.3) is 0 Å². The second kappa shape index (κ2) is 4.55. The summed E-state index contributed by atoms with van der Waals surface area (Å²) in [6, 6.07) is 7.64. The molecule has 100 valence electrons. The van der Waals surface area contributed by atoms with Crippen molar-refractivity contribution in [2.24, 2.45) is 0 Å². The van der Waals surface area contributed by atoms with Crippen LogP contribution in [0.15, 0.2) is 40.3 Å². The van der Waals surface area contributed by atoms with Crippen molar-refractivity contribution in [1.82, 2.24) is 14.6 Å². The van der Waals surface area contributed by atoms with Crippen LogP contribution in [0, 0.1) is 0 Å². The third-order valence-corrected chi connectivity index (χ3v) is 4.88. The molecule has 1 N–H and O–H groups in total. The normalized spacial score (nSPS) is 11.4. The predicted molar refractivity (Wildman–Crippen MR) is 77.8 cm³/mol. The molecule has 0 amide bonds. The number of fused-ring (bicyclic) bond motifs is 1. The summed E-state index contributed by atoms with van der Waals surface area (Å²) in [4.78, 5) is 6.38. The molecule has 4 aromatic heterocycles. The van der Waals surface area contributed by atoms with Crippen molar-refractivity contribution in [1.29, 1.82) is 0 Å². The van der Waals surface area contributed by atoms with E-state index in [4.69, 9.17) is 4.42 Å². The Balaban J connectivity index is 1.91. The zero-order chi connectivity index (χ0) is 13.5. The minimum atomic E-state index is -0.134. The van der Waals surface area contributed by atoms with Crippen LogP contribution in [0.5, 0.6) is 0 Å². The third-order valence-electron chi connectivity index (χ3n) is 2.93. The van der Waals surface area contributed by atoms with Crippen LogP contribution in [0.25, 0.3) is 26.3 Å². The molecule has 0 aliphatic heterocycles. The van der Waals surface area contributed by atoms with Crippen LogP contribution in [0.2, 0.25) is 0 Å². The van der Waals surface area contributed by atoms with Crippen molar-refractivity contribution in [3.63, 3.8) is 0 Å². The lowest BCUT2D eigenvalue weighted by Crippen LogP contribution is -1.95. The molecule has 0 spiro atoms. The highest BCUT2D eigenvalue weighted by atomic mass is 32.1. The van der Waals surface area contributed by atoms with E-state index in [1.165, 1.54) is 11.3 Å². The van der Waals surface area contributed by atoms with Crippen LogP contribution < -0.4 is 0 Å². The van der Waals surface area contributed by atoms with E-state index in [9.17, 15) is 5.11 Å². The molecule has 0 atom stereocenters. The van der Waals surface area contributed by atoms with E-state index in [-0.39, 0.29) is 6.61 Å². The van der Waals surface area contributed by atoms with Gasteiger partial charge in [-0.2, -0.15) is 5.10 Å². The molecule has 0 aromatic carbocycles. The highest BCUT2D eigenvalue weighted by Gasteiger charge is 2.19. The van der Waals surface area contributed by atoms with Gasteiger partial charge in [-0.15, -0.1) is 11.3 Å². The maximum Gasteiger partial charge on any atom is 0.213 e. The lowest BCUT2D eigenvalue weighted by atomic mass is 10.3. The van der Waals surface area contributed by atoms with Crippen molar-refractivity contribution >= 4 is 27.6 Å². The number of aliphatic hydroxyl groups excluding tert-OH is 1. The summed E-state index contributed by atoms with van der Waals surface area (Å²) < 4.78 is 7.05. The predicted octanol–water partition coefficient (Wildman–Crippen LogP) is 3.27. The molecular weight excluding hydrogens is 294 g/mol. The van der Waals surface area contributed by atoms with E-state index in [2.05, 4.69) is 10.1 Å². The Morgan fingerprint density at radius 3 is 2.95 bits per heavy atom. The van der Waals surface area contributed by atoms with Crippen LogP contribution in [0.1, 0.15) is 5.69 Å². The molecule has 0 saturated heterocycles. The summed E-state index contributed by atoms with van der Waals surface area (Å²) in [5, 5.41) is 17.1.